The monoisotopic (exact) mass is 283 g/mol. The van der Waals surface area contributed by atoms with E-state index in [-0.39, 0.29) is 6.10 Å². The van der Waals surface area contributed by atoms with E-state index in [0.717, 1.165) is 12.3 Å². The second-order valence-electron chi connectivity index (χ2n) is 4.31. The van der Waals surface area contributed by atoms with Crippen molar-refractivity contribution >= 4 is 11.9 Å². The van der Waals surface area contributed by atoms with E-state index in [0.29, 0.717) is 6.54 Å². The number of β-amino-alcohol motifs (C(OH)–C–C–N with tert-alkyl or cyclic N) is 1. The van der Waals surface area contributed by atoms with Crippen molar-refractivity contribution in [3.8, 4) is 5.75 Å². The highest BCUT2D eigenvalue weighted by Crippen LogP contribution is 2.16. The van der Waals surface area contributed by atoms with E-state index in [1.165, 1.54) is 5.56 Å². The van der Waals surface area contributed by atoms with Crippen LogP contribution in [-0.2, 0) is 9.59 Å². The summed E-state index contributed by atoms with van der Waals surface area (Å²) >= 11 is 0. The van der Waals surface area contributed by atoms with Crippen molar-refractivity contribution in [1.82, 2.24) is 5.32 Å². The number of aliphatic hydroxyl groups is 1. The molecule has 1 aliphatic rings. The molecule has 0 amide bonds. The maximum absolute atomic E-state index is 9.53. The van der Waals surface area contributed by atoms with Crippen molar-refractivity contribution in [3.63, 3.8) is 0 Å². The molecule has 4 N–H and O–H groups in total. The lowest BCUT2D eigenvalue weighted by Crippen LogP contribution is -2.29. The van der Waals surface area contributed by atoms with Gasteiger partial charge < -0.3 is 25.4 Å². The molecule has 1 aromatic rings. The van der Waals surface area contributed by atoms with Gasteiger partial charge in [0.2, 0.25) is 0 Å². The molecule has 1 aromatic carbocycles. The lowest BCUT2D eigenvalue weighted by Gasteiger charge is -2.16. The zero-order chi connectivity index (χ0) is 15.1. The fourth-order valence-corrected chi connectivity index (χ4v) is 1.62. The van der Waals surface area contributed by atoms with Crippen LogP contribution in [0.5, 0.6) is 5.75 Å². The third-order valence-corrected chi connectivity index (χ3v) is 2.59. The minimum atomic E-state index is -1.82. The fraction of sp³-hybridized carbons (Fsp3) is 0.385. The number of aryl methyl sites for hydroxylation is 1. The Hall–Kier alpha value is -2.12. The topological polar surface area (TPSA) is 116 Å². The van der Waals surface area contributed by atoms with Gasteiger partial charge in [0.25, 0.3) is 0 Å². The van der Waals surface area contributed by atoms with Crippen LogP contribution in [-0.4, -0.2) is 52.6 Å². The summed E-state index contributed by atoms with van der Waals surface area (Å²) in [6, 6.07) is 7.87. The summed E-state index contributed by atoms with van der Waals surface area (Å²) in [5, 5.41) is 27.4. The van der Waals surface area contributed by atoms with Gasteiger partial charge in [0.1, 0.15) is 18.0 Å². The maximum Gasteiger partial charge on any atom is 0.414 e. The molecule has 1 saturated heterocycles. The van der Waals surface area contributed by atoms with Crippen LogP contribution < -0.4 is 10.1 Å². The number of hydrogen-bond acceptors (Lipinski definition) is 5. The lowest BCUT2D eigenvalue weighted by atomic mass is 10.2. The first kappa shape index (κ1) is 15.9. The highest BCUT2D eigenvalue weighted by molar-refractivity contribution is 6.27. The molecule has 0 aromatic heterocycles. The van der Waals surface area contributed by atoms with Crippen molar-refractivity contribution in [3.05, 3.63) is 29.8 Å². The third-order valence-electron chi connectivity index (χ3n) is 2.59. The number of carboxylic acid groups (broad SMARTS) is 2. The second-order valence-corrected chi connectivity index (χ2v) is 4.31. The van der Waals surface area contributed by atoms with Gasteiger partial charge in [0.05, 0.1) is 0 Å². The highest BCUT2D eigenvalue weighted by Gasteiger charge is 2.26. The van der Waals surface area contributed by atoms with E-state index < -0.39 is 18.0 Å². The van der Waals surface area contributed by atoms with Crippen LogP contribution >= 0.6 is 0 Å². The van der Waals surface area contributed by atoms with Gasteiger partial charge in [-0.25, -0.2) is 9.59 Å². The van der Waals surface area contributed by atoms with Crippen LogP contribution in [0.4, 0.5) is 0 Å². The van der Waals surface area contributed by atoms with Gasteiger partial charge in [-0.3, -0.25) is 0 Å². The van der Waals surface area contributed by atoms with E-state index in [1.54, 1.807) is 0 Å². The largest absolute Gasteiger partial charge is 0.486 e. The van der Waals surface area contributed by atoms with Gasteiger partial charge >= 0.3 is 11.9 Å². The smallest absolute Gasteiger partial charge is 0.414 e. The van der Waals surface area contributed by atoms with E-state index in [9.17, 15) is 5.11 Å². The van der Waals surface area contributed by atoms with Crippen LogP contribution in [0.25, 0.3) is 0 Å². The Bertz CT molecular complexity index is 464. The molecule has 0 radical (unpaired) electrons. The standard InChI is InChI=1S/C11H15NO2.C2H2O4/c1-8-3-2-4-9(5-8)14-11-7-12-6-10(11)13;3-1(4)2(5)6/h2-5,10-13H,6-7H2,1H3;(H,3,4)(H,5,6). The van der Waals surface area contributed by atoms with Gasteiger partial charge in [-0.2, -0.15) is 0 Å². The number of hydrogen-bond donors (Lipinski definition) is 4. The van der Waals surface area contributed by atoms with Crippen molar-refractivity contribution < 1.29 is 29.6 Å². The zero-order valence-corrected chi connectivity index (χ0v) is 10.9. The number of ether oxygens (including phenoxy) is 1. The highest BCUT2D eigenvalue weighted by atomic mass is 16.5. The Balaban J connectivity index is 0.000000286. The van der Waals surface area contributed by atoms with Crippen LogP contribution in [0, 0.1) is 6.92 Å². The first-order valence-electron chi connectivity index (χ1n) is 5.98. The molecule has 0 bridgehead atoms. The van der Waals surface area contributed by atoms with E-state index in [2.05, 4.69) is 5.32 Å². The molecular weight excluding hydrogens is 266 g/mol. The first-order chi connectivity index (χ1) is 9.40. The van der Waals surface area contributed by atoms with Gasteiger partial charge in [-0.15, -0.1) is 0 Å². The van der Waals surface area contributed by atoms with Crippen LogP contribution in [0.2, 0.25) is 0 Å². The fourth-order valence-electron chi connectivity index (χ4n) is 1.62. The van der Waals surface area contributed by atoms with E-state index in [1.807, 2.05) is 31.2 Å². The summed E-state index contributed by atoms with van der Waals surface area (Å²) in [5.41, 5.74) is 1.17. The Morgan fingerprint density at radius 2 is 1.90 bits per heavy atom. The van der Waals surface area contributed by atoms with Crippen LogP contribution in [0.1, 0.15) is 5.56 Å². The minimum absolute atomic E-state index is 0.114. The molecule has 110 valence electrons. The molecule has 1 fully saturated rings. The number of rotatable bonds is 2. The molecule has 20 heavy (non-hydrogen) atoms. The molecule has 2 atom stereocenters. The van der Waals surface area contributed by atoms with Crippen molar-refractivity contribution in [1.29, 1.82) is 0 Å². The number of carboxylic acids is 2. The summed E-state index contributed by atoms with van der Waals surface area (Å²) in [5.74, 6) is -2.82. The predicted octanol–water partition coefficient (Wildman–Crippen LogP) is -0.138. The molecule has 1 aliphatic heterocycles. The quantitative estimate of drug-likeness (QED) is 0.558. The molecule has 0 spiro atoms. The van der Waals surface area contributed by atoms with Crippen molar-refractivity contribution in [2.45, 2.75) is 19.1 Å². The Morgan fingerprint density at radius 3 is 2.35 bits per heavy atom. The molecule has 0 aliphatic carbocycles. The predicted molar refractivity (Wildman–Crippen MR) is 69.7 cm³/mol. The Kier molecular flexibility index (Phi) is 5.95. The Labute approximate surface area is 115 Å². The third kappa shape index (κ3) is 5.25. The molecule has 7 nitrogen and oxygen atoms in total. The number of nitrogens with one attached hydrogen (secondary N) is 1. The molecule has 2 unspecified atom stereocenters. The first-order valence-corrected chi connectivity index (χ1v) is 5.98. The summed E-state index contributed by atoms with van der Waals surface area (Å²) in [4.78, 5) is 18.2. The van der Waals surface area contributed by atoms with Crippen molar-refractivity contribution in [2.75, 3.05) is 13.1 Å². The van der Waals surface area contributed by atoms with Gasteiger partial charge in [0, 0.05) is 13.1 Å². The zero-order valence-electron chi connectivity index (χ0n) is 10.9. The van der Waals surface area contributed by atoms with Gasteiger partial charge in [-0.05, 0) is 24.6 Å². The van der Waals surface area contributed by atoms with E-state index >= 15 is 0 Å². The number of carbonyl (C=O) groups is 2. The Morgan fingerprint density at radius 1 is 1.25 bits per heavy atom. The van der Waals surface area contributed by atoms with Crippen LogP contribution in [0.15, 0.2) is 24.3 Å². The summed E-state index contributed by atoms with van der Waals surface area (Å²) < 4.78 is 5.66. The summed E-state index contributed by atoms with van der Waals surface area (Å²) in [7, 11) is 0. The van der Waals surface area contributed by atoms with Crippen LogP contribution in [0.3, 0.4) is 0 Å². The number of aliphatic hydroxyl groups excluding tert-OH is 1. The molecular formula is C13H17NO6. The second kappa shape index (κ2) is 7.46. The molecule has 7 heteroatoms. The molecule has 1 heterocycles. The normalized spacial score (nSPS) is 20.7. The maximum atomic E-state index is 9.53. The number of aliphatic carboxylic acids is 2. The summed E-state index contributed by atoms with van der Waals surface area (Å²) in [6.07, 6.45) is -0.507. The molecule has 2 rings (SSSR count). The minimum Gasteiger partial charge on any atom is -0.486 e. The van der Waals surface area contributed by atoms with E-state index in [4.69, 9.17) is 24.5 Å². The average Bonchev–Trinajstić information content (AvgIpc) is 2.76. The average molecular weight is 283 g/mol. The number of benzene rings is 1. The lowest BCUT2D eigenvalue weighted by molar-refractivity contribution is -0.159. The SMILES string of the molecule is Cc1cccc(OC2CNCC2O)c1.O=C(O)C(=O)O. The van der Waals surface area contributed by atoms with Crippen molar-refractivity contribution in [2.24, 2.45) is 0 Å². The molecule has 0 saturated carbocycles. The van der Waals surface area contributed by atoms with Gasteiger partial charge in [-0.1, -0.05) is 12.1 Å². The summed E-state index contributed by atoms with van der Waals surface area (Å²) in [6.45, 7) is 3.36. The van der Waals surface area contributed by atoms with Gasteiger partial charge in [0.15, 0.2) is 0 Å².